The van der Waals surface area contributed by atoms with Gasteiger partial charge in [0.15, 0.2) is 5.82 Å². The Balaban J connectivity index is 1.81. The first kappa shape index (κ1) is 14.4. The number of nitrogens with one attached hydrogen (secondary N) is 2. The zero-order valence-corrected chi connectivity index (χ0v) is 12.3. The molecule has 4 nitrogen and oxygen atoms in total. The van der Waals surface area contributed by atoms with Crippen LogP contribution < -0.4 is 5.32 Å². The molecule has 2 aromatic carbocycles. The predicted octanol–water partition coefficient (Wildman–Crippen LogP) is 3.13. The van der Waals surface area contributed by atoms with Gasteiger partial charge in [-0.05, 0) is 30.2 Å². The second kappa shape index (κ2) is 6.49. The zero-order valence-electron chi connectivity index (χ0n) is 12.3. The minimum atomic E-state index is -0.229. The van der Waals surface area contributed by atoms with E-state index in [-0.39, 0.29) is 11.9 Å². The van der Waals surface area contributed by atoms with Gasteiger partial charge in [0.05, 0.1) is 6.04 Å². The molecule has 0 spiro atoms. The molecule has 3 aromatic rings. The Labute approximate surface area is 128 Å². The Hall–Kier alpha value is -2.53. The average molecular weight is 296 g/mol. The van der Waals surface area contributed by atoms with Crippen LogP contribution in [0.5, 0.6) is 0 Å². The van der Waals surface area contributed by atoms with Crippen molar-refractivity contribution < 1.29 is 4.39 Å². The van der Waals surface area contributed by atoms with Crippen LogP contribution in [0.1, 0.15) is 28.8 Å². The number of nitrogens with zero attached hydrogens (tertiary/aromatic N) is 2. The molecular formula is C17H17FN4. The summed E-state index contributed by atoms with van der Waals surface area (Å²) < 4.78 is 13.0. The monoisotopic (exact) mass is 296 g/mol. The van der Waals surface area contributed by atoms with E-state index in [4.69, 9.17) is 0 Å². The number of aromatic nitrogens is 3. The first-order chi connectivity index (χ1) is 10.7. The van der Waals surface area contributed by atoms with E-state index < -0.39 is 0 Å². The molecule has 0 fully saturated rings. The van der Waals surface area contributed by atoms with Crippen molar-refractivity contribution >= 4 is 0 Å². The molecule has 0 unspecified atom stereocenters. The second-order valence-corrected chi connectivity index (χ2v) is 5.13. The molecule has 0 saturated heterocycles. The summed E-state index contributed by atoms with van der Waals surface area (Å²) in [5, 5.41) is 10.6. The summed E-state index contributed by atoms with van der Waals surface area (Å²) >= 11 is 0. The molecule has 0 aliphatic carbocycles. The zero-order chi connectivity index (χ0) is 15.4. The van der Waals surface area contributed by atoms with E-state index in [2.05, 4.69) is 20.5 Å². The van der Waals surface area contributed by atoms with Gasteiger partial charge in [-0.25, -0.2) is 9.37 Å². The molecule has 5 heteroatoms. The lowest BCUT2D eigenvalue weighted by Gasteiger charge is -2.16. The lowest BCUT2D eigenvalue weighted by molar-refractivity contribution is 0.575. The summed E-state index contributed by atoms with van der Waals surface area (Å²) in [5.74, 6) is 1.25. The van der Waals surface area contributed by atoms with E-state index in [1.807, 2.05) is 37.3 Å². The Morgan fingerprint density at radius 3 is 2.45 bits per heavy atom. The van der Waals surface area contributed by atoms with Crippen LogP contribution in [0.2, 0.25) is 0 Å². The van der Waals surface area contributed by atoms with Gasteiger partial charge < -0.3 is 0 Å². The Bertz CT molecular complexity index is 722. The summed E-state index contributed by atoms with van der Waals surface area (Å²) in [5.41, 5.74) is 2.10. The van der Waals surface area contributed by atoms with Crippen molar-refractivity contribution in [1.82, 2.24) is 20.5 Å². The molecular weight excluding hydrogens is 279 g/mol. The number of rotatable bonds is 5. The van der Waals surface area contributed by atoms with E-state index >= 15 is 0 Å². The van der Waals surface area contributed by atoms with Crippen LogP contribution in [0, 0.1) is 12.7 Å². The van der Waals surface area contributed by atoms with Gasteiger partial charge in [0.1, 0.15) is 11.6 Å². The first-order valence-electron chi connectivity index (χ1n) is 7.14. The first-order valence-corrected chi connectivity index (χ1v) is 7.14. The third-order valence-electron chi connectivity index (χ3n) is 3.43. The maximum absolute atomic E-state index is 13.0. The quantitative estimate of drug-likeness (QED) is 0.760. The van der Waals surface area contributed by atoms with Crippen molar-refractivity contribution in [3.8, 4) is 0 Å². The standard InChI is InChI=1S/C17H17FN4/c1-12-20-17(22-21-12)16(14-5-3-2-4-6-14)19-11-13-7-9-15(18)10-8-13/h2-10,16,19H,11H2,1H3,(H,20,21,22)/t16-/m0/s1. The normalized spacial score (nSPS) is 12.3. The van der Waals surface area contributed by atoms with E-state index in [9.17, 15) is 4.39 Å². The molecule has 22 heavy (non-hydrogen) atoms. The maximum Gasteiger partial charge on any atom is 0.172 e. The highest BCUT2D eigenvalue weighted by atomic mass is 19.1. The Morgan fingerprint density at radius 1 is 1.09 bits per heavy atom. The third-order valence-corrected chi connectivity index (χ3v) is 3.43. The van der Waals surface area contributed by atoms with Gasteiger partial charge in [-0.15, -0.1) is 0 Å². The van der Waals surface area contributed by atoms with Gasteiger partial charge in [-0.2, -0.15) is 5.10 Å². The number of aromatic amines is 1. The van der Waals surface area contributed by atoms with Gasteiger partial charge in [0, 0.05) is 6.54 Å². The summed E-state index contributed by atoms with van der Waals surface area (Å²) in [6.45, 7) is 2.48. The summed E-state index contributed by atoms with van der Waals surface area (Å²) in [4.78, 5) is 4.42. The van der Waals surface area contributed by atoms with Crippen LogP contribution in [-0.4, -0.2) is 15.2 Å². The second-order valence-electron chi connectivity index (χ2n) is 5.13. The van der Waals surface area contributed by atoms with Crippen LogP contribution in [0.4, 0.5) is 4.39 Å². The summed E-state index contributed by atoms with van der Waals surface area (Å²) in [6, 6.07) is 16.4. The van der Waals surface area contributed by atoms with Crippen molar-refractivity contribution in [2.45, 2.75) is 19.5 Å². The lowest BCUT2D eigenvalue weighted by atomic mass is 10.1. The van der Waals surface area contributed by atoms with Gasteiger partial charge in [-0.3, -0.25) is 10.4 Å². The number of benzene rings is 2. The summed E-state index contributed by atoms with van der Waals surface area (Å²) in [6.07, 6.45) is 0. The fraction of sp³-hybridized carbons (Fsp3) is 0.176. The Kier molecular flexibility index (Phi) is 4.25. The average Bonchev–Trinajstić information content (AvgIpc) is 2.97. The Morgan fingerprint density at radius 2 is 1.82 bits per heavy atom. The van der Waals surface area contributed by atoms with Gasteiger partial charge in [-0.1, -0.05) is 42.5 Å². The van der Waals surface area contributed by atoms with Crippen LogP contribution in [0.15, 0.2) is 54.6 Å². The molecule has 0 aliphatic rings. The molecule has 2 N–H and O–H groups in total. The van der Waals surface area contributed by atoms with E-state index in [0.717, 1.165) is 17.0 Å². The van der Waals surface area contributed by atoms with Gasteiger partial charge in [0.25, 0.3) is 0 Å². The molecule has 1 heterocycles. The molecule has 0 bridgehead atoms. The minimum absolute atomic E-state index is 0.115. The molecule has 3 rings (SSSR count). The summed E-state index contributed by atoms with van der Waals surface area (Å²) in [7, 11) is 0. The van der Waals surface area contributed by atoms with Crippen molar-refractivity contribution in [3.63, 3.8) is 0 Å². The van der Waals surface area contributed by atoms with Crippen molar-refractivity contribution in [1.29, 1.82) is 0 Å². The van der Waals surface area contributed by atoms with Crippen LogP contribution in [0.3, 0.4) is 0 Å². The number of halogens is 1. The molecule has 1 aromatic heterocycles. The molecule has 0 saturated carbocycles. The van der Waals surface area contributed by atoms with Gasteiger partial charge >= 0.3 is 0 Å². The number of hydrogen-bond acceptors (Lipinski definition) is 3. The van der Waals surface area contributed by atoms with Crippen molar-refractivity contribution in [2.24, 2.45) is 0 Å². The maximum atomic E-state index is 13.0. The smallest absolute Gasteiger partial charge is 0.172 e. The highest BCUT2D eigenvalue weighted by Crippen LogP contribution is 2.19. The fourth-order valence-corrected chi connectivity index (χ4v) is 2.31. The number of aryl methyl sites for hydroxylation is 1. The topological polar surface area (TPSA) is 53.6 Å². The predicted molar refractivity (Wildman–Crippen MR) is 82.6 cm³/mol. The van der Waals surface area contributed by atoms with Crippen LogP contribution in [0.25, 0.3) is 0 Å². The number of H-pyrrole nitrogens is 1. The molecule has 0 radical (unpaired) electrons. The van der Waals surface area contributed by atoms with Crippen molar-refractivity contribution in [3.05, 3.63) is 83.2 Å². The lowest BCUT2D eigenvalue weighted by Crippen LogP contribution is -2.23. The third kappa shape index (κ3) is 3.38. The van der Waals surface area contributed by atoms with Gasteiger partial charge in [0.2, 0.25) is 0 Å². The highest BCUT2D eigenvalue weighted by Gasteiger charge is 2.17. The van der Waals surface area contributed by atoms with E-state index in [0.29, 0.717) is 12.4 Å². The van der Waals surface area contributed by atoms with Crippen molar-refractivity contribution in [2.75, 3.05) is 0 Å². The van der Waals surface area contributed by atoms with Crippen LogP contribution in [-0.2, 0) is 6.54 Å². The number of hydrogen-bond donors (Lipinski definition) is 2. The molecule has 0 amide bonds. The highest BCUT2D eigenvalue weighted by molar-refractivity contribution is 5.25. The van der Waals surface area contributed by atoms with E-state index in [1.165, 1.54) is 12.1 Å². The molecule has 1 atom stereocenters. The van der Waals surface area contributed by atoms with Crippen LogP contribution >= 0.6 is 0 Å². The largest absolute Gasteiger partial charge is 0.299 e. The SMILES string of the molecule is Cc1nc([C@@H](NCc2ccc(F)cc2)c2ccccc2)n[nH]1. The van der Waals surface area contributed by atoms with E-state index in [1.54, 1.807) is 12.1 Å². The minimum Gasteiger partial charge on any atom is -0.299 e. The molecule has 0 aliphatic heterocycles. The molecule has 112 valence electrons. The fourth-order valence-electron chi connectivity index (χ4n) is 2.31.